The van der Waals surface area contributed by atoms with Gasteiger partial charge in [0.2, 0.25) is 0 Å². The van der Waals surface area contributed by atoms with E-state index in [2.05, 4.69) is 11.9 Å². The third-order valence-corrected chi connectivity index (χ3v) is 6.63. The van der Waals surface area contributed by atoms with Crippen molar-refractivity contribution in [2.45, 2.75) is 19.8 Å². The van der Waals surface area contributed by atoms with E-state index in [0.717, 1.165) is 30.8 Å². The number of nitrogens with zero attached hydrogens (tertiary/aromatic N) is 3. The van der Waals surface area contributed by atoms with E-state index in [1.165, 1.54) is 16.2 Å². The molecule has 2 aliphatic heterocycles. The molecule has 2 amide bonds. The van der Waals surface area contributed by atoms with E-state index in [-0.39, 0.29) is 11.8 Å². The number of carbonyl (C=O) groups excluding carboxylic acids is 3. The molecule has 0 aliphatic carbocycles. The summed E-state index contributed by atoms with van der Waals surface area (Å²) in [6.07, 6.45) is 1.76. The minimum Gasteiger partial charge on any atom is -0.462 e. The van der Waals surface area contributed by atoms with Crippen LogP contribution in [0.15, 0.2) is 47.5 Å². The molecule has 4 rings (SSSR count). The molecular weight excluding hydrogens is 426 g/mol. The first kappa shape index (κ1) is 22.2. The lowest BCUT2D eigenvalue weighted by Gasteiger charge is -2.34. The number of thiophene rings is 1. The van der Waals surface area contributed by atoms with Crippen molar-refractivity contribution in [3.8, 4) is 0 Å². The molecule has 0 unspecified atom stereocenters. The Morgan fingerprint density at radius 3 is 2.38 bits per heavy atom. The number of piperazine rings is 1. The Morgan fingerprint density at radius 2 is 1.75 bits per heavy atom. The SMILES string of the molecule is CCCCOC(=O)c1ccc(N2C(=O)C(c3cccs3)=C(N3CCN(C)CC3)C2=O)cc1. The molecule has 1 fully saturated rings. The minimum atomic E-state index is -0.403. The number of hydrogen-bond donors (Lipinski definition) is 0. The molecule has 32 heavy (non-hydrogen) atoms. The highest BCUT2D eigenvalue weighted by Crippen LogP contribution is 2.36. The van der Waals surface area contributed by atoms with Crippen LogP contribution < -0.4 is 4.90 Å². The number of amides is 2. The Kier molecular flexibility index (Phi) is 6.72. The normalized spacial score (nSPS) is 17.4. The van der Waals surface area contributed by atoms with Gasteiger partial charge in [0.25, 0.3) is 11.8 Å². The number of ether oxygens (including phenoxy) is 1. The second kappa shape index (κ2) is 9.67. The highest BCUT2D eigenvalue weighted by Gasteiger charge is 2.43. The zero-order valence-electron chi connectivity index (χ0n) is 18.4. The van der Waals surface area contributed by atoms with Crippen molar-refractivity contribution in [3.05, 3.63) is 57.9 Å². The first-order chi connectivity index (χ1) is 15.5. The number of benzene rings is 1. The van der Waals surface area contributed by atoms with Crippen molar-refractivity contribution < 1.29 is 19.1 Å². The largest absolute Gasteiger partial charge is 0.462 e. The predicted molar refractivity (Wildman–Crippen MR) is 124 cm³/mol. The van der Waals surface area contributed by atoms with Gasteiger partial charge < -0.3 is 14.5 Å². The topological polar surface area (TPSA) is 70.2 Å². The average molecular weight is 454 g/mol. The number of likely N-dealkylation sites (N-methyl/N-ethyl adjacent to an activating group) is 1. The molecule has 1 aromatic carbocycles. The summed E-state index contributed by atoms with van der Waals surface area (Å²) in [6, 6.07) is 10.2. The molecule has 0 N–H and O–H groups in total. The molecule has 1 aromatic heterocycles. The van der Waals surface area contributed by atoms with Crippen LogP contribution in [-0.4, -0.2) is 67.4 Å². The minimum absolute atomic E-state index is 0.318. The summed E-state index contributed by atoms with van der Waals surface area (Å²) in [5, 5.41) is 1.91. The van der Waals surface area contributed by atoms with Gasteiger partial charge in [-0.2, -0.15) is 0 Å². The standard InChI is InChI=1S/C24H27N3O4S/c1-3-4-15-31-24(30)17-7-9-18(10-8-17)27-22(28)20(19-6-5-16-32-19)21(23(27)29)26-13-11-25(2)12-14-26/h5-10,16H,3-4,11-15H2,1-2H3. The van der Waals surface area contributed by atoms with Gasteiger partial charge >= 0.3 is 5.97 Å². The Hall–Kier alpha value is -2.97. The zero-order chi connectivity index (χ0) is 22.7. The smallest absolute Gasteiger partial charge is 0.338 e. The second-order valence-corrected chi connectivity index (χ2v) is 8.92. The lowest BCUT2D eigenvalue weighted by molar-refractivity contribution is -0.120. The van der Waals surface area contributed by atoms with Crippen LogP contribution in [0.5, 0.6) is 0 Å². The summed E-state index contributed by atoms with van der Waals surface area (Å²) in [5.41, 5.74) is 1.77. The van der Waals surface area contributed by atoms with Crippen LogP contribution in [0.4, 0.5) is 5.69 Å². The van der Waals surface area contributed by atoms with Gasteiger partial charge in [-0.15, -0.1) is 11.3 Å². The van der Waals surface area contributed by atoms with E-state index in [9.17, 15) is 14.4 Å². The number of unbranched alkanes of at least 4 members (excludes halogenated alkanes) is 1. The van der Waals surface area contributed by atoms with Crippen LogP contribution in [0.25, 0.3) is 5.57 Å². The molecule has 8 heteroatoms. The van der Waals surface area contributed by atoms with E-state index in [1.807, 2.05) is 29.3 Å². The molecule has 0 saturated carbocycles. The Morgan fingerprint density at radius 1 is 1.03 bits per heavy atom. The third kappa shape index (κ3) is 4.33. The van der Waals surface area contributed by atoms with Crippen LogP contribution in [0.2, 0.25) is 0 Å². The van der Waals surface area contributed by atoms with Gasteiger partial charge in [0.1, 0.15) is 5.70 Å². The molecule has 1 saturated heterocycles. The van der Waals surface area contributed by atoms with Crippen molar-refractivity contribution in [2.24, 2.45) is 0 Å². The molecule has 0 radical (unpaired) electrons. The maximum atomic E-state index is 13.5. The summed E-state index contributed by atoms with van der Waals surface area (Å²) in [4.78, 5) is 45.4. The first-order valence-corrected chi connectivity index (χ1v) is 11.8. The Balaban J connectivity index is 1.60. The molecule has 7 nitrogen and oxygen atoms in total. The summed E-state index contributed by atoms with van der Waals surface area (Å²) in [5.74, 6) is -1.05. The zero-order valence-corrected chi connectivity index (χ0v) is 19.2. The van der Waals surface area contributed by atoms with Gasteiger partial charge in [0.05, 0.1) is 23.4 Å². The maximum absolute atomic E-state index is 13.5. The molecule has 2 aromatic rings. The van der Waals surface area contributed by atoms with Gasteiger partial charge in [-0.1, -0.05) is 19.4 Å². The van der Waals surface area contributed by atoms with Crippen LogP contribution in [0.1, 0.15) is 35.0 Å². The summed E-state index contributed by atoms with van der Waals surface area (Å²) < 4.78 is 5.24. The maximum Gasteiger partial charge on any atom is 0.338 e. The van der Waals surface area contributed by atoms with Crippen LogP contribution in [0.3, 0.4) is 0 Å². The monoisotopic (exact) mass is 453 g/mol. The van der Waals surface area contributed by atoms with Crippen LogP contribution in [-0.2, 0) is 14.3 Å². The number of hydrogen-bond acceptors (Lipinski definition) is 7. The predicted octanol–water partition coefficient (Wildman–Crippen LogP) is 3.24. The number of imide groups is 1. The van der Waals surface area contributed by atoms with Crippen molar-refractivity contribution in [2.75, 3.05) is 44.7 Å². The van der Waals surface area contributed by atoms with Crippen molar-refractivity contribution >= 4 is 40.4 Å². The van der Waals surface area contributed by atoms with Gasteiger partial charge in [-0.3, -0.25) is 9.59 Å². The van der Waals surface area contributed by atoms with Crippen molar-refractivity contribution in [3.63, 3.8) is 0 Å². The van der Waals surface area contributed by atoms with Gasteiger partial charge in [-0.25, -0.2) is 9.69 Å². The molecule has 2 aliphatic rings. The fourth-order valence-corrected chi connectivity index (χ4v) is 4.62. The van der Waals surface area contributed by atoms with Gasteiger partial charge in [0, 0.05) is 31.1 Å². The summed E-state index contributed by atoms with van der Waals surface area (Å²) in [7, 11) is 2.05. The number of rotatable bonds is 7. The van der Waals surface area contributed by atoms with Crippen LogP contribution >= 0.6 is 11.3 Å². The lowest BCUT2D eigenvalue weighted by atomic mass is 10.1. The van der Waals surface area contributed by atoms with Crippen molar-refractivity contribution in [1.82, 2.24) is 9.80 Å². The number of carbonyl (C=O) groups is 3. The highest BCUT2D eigenvalue weighted by molar-refractivity contribution is 7.11. The number of esters is 1. The Labute approximate surface area is 191 Å². The van der Waals surface area contributed by atoms with Crippen molar-refractivity contribution in [1.29, 1.82) is 0 Å². The first-order valence-electron chi connectivity index (χ1n) is 10.9. The van der Waals surface area contributed by atoms with E-state index in [1.54, 1.807) is 24.3 Å². The molecule has 0 atom stereocenters. The molecule has 168 valence electrons. The van der Waals surface area contributed by atoms with Crippen LogP contribution in [0, 0.1) is 0 Å². The van der Waals surface area contributed by atoms with E-state index >= 15 is 0 Å². The Bertz CT molecular complexity index is 1020. The average Bonchev–Trinajstić information content (AvgIpc) is 3.41. The third-order valence-electron chi connectivity index (χ3n) is 5.74. The summed E-state index contributed by atoms with van der Waals surface area (Å²) in [6.45, 7) is 5.45. The fourth-order valence-electron chi connectivity index (χ4n) is 3.86. The quantitative estimate of drug-likeness (QED) is 0.364. The molecule has 0 bridgehead atoms. The fraction of sp³-hybridized carbons (Fsp3) is 0.375. The summed E-state index contributed by atoms with van der Waals surface area (Å²) >= 11 is 1.45. The second-order valence-electron chi connectivity index (χ2n) is 7.97. The molecular formula is C24H27N3O4S. The lowest BCUT2D eigenvalue weighted by Crippen LogP contribution is -2.46. The molecule has 3 heterocycles. The van der Waals surface area contributed by atoms with Gasteiger partial charge in [0.15, 0.2) is 0 Å². The van der Waals surface area contributed by atoms with Gasteiger partial charge in [-0.05, 0) is 49.2 Å². The van der Waals surface area contributed by atoms with E-state index < -0.39 is 5.97 Å². The number of anilines is 1. The van der Waals surface area contributed by atoms with E-state index in [0.29, 0.717) is 42.2 Å². The van der Waals surface area contributed by atoms with E-state index in [4.69, 9.17) is 4.74 Å². The molecule has 0 spiro atoms. The highest BCUT2D eigenvalue weighted by atomic mass is 32.1.